The fourth-order valence-electron chi connectivity index (χ4n) is 5.04. The molecule has 0 N–H and O–H groups in total. The maximum atomic E-state index is 12.9. The second-order valence-corrected chi connectivity index (χ2v) is 14.3. The molecule has 13 nitrogen and oxygen atoms in total. The zero-order valence-electron chi connectivity index (χ0n) is 27.1. The number of nitrogens with zero attached hydrogens (tertiary/aromatic N) is 6. The van der Waals surface area contributed by atoms with E-state index in [1.54, 1.807) is 36.3 Å². The number of pyridine rings is 1. The molecule has 6 heterocycles. The molecular weight excluding hydrogens is 677 g/mol. The summed E-state index contributed by atoms with van der Waals surface area (Å²) < 4.78 is 21.5. The van der Waals surface area contributed by atoms with Crippen molar-refractivity contribution in [3.63, 3.8) is 0 Å². The molecule has 1 saturated heterocycles. The maximum absolute atomic E-state index is 12.9. The molecular formula is C32H32N6O7S3. The number of carbonyl (C=O) groups is 3. The number of methoxy groups -OCH3 is 1. The highest BCUT2D eigenvalue weighted by molar-refractivity contribution is 7.14. The lowest BCUT2D eigenvalue weighted by atomic mass is 10.1. The Kier molecular flexibility index (Phi) is 9.40. The van der Waals surface area contributed by atoms with Gasteiger partial charge in [0.15, 0.2) is 11.4 Å². The Bertz CT molecular complexity index is 1990. The number of hydrogen-bond acceptors (Lipinski definition) is 15. The van der Waals surface area contributed by atoms with Crippen LogP contribution < -0.4 is 0 Å². The highest BCUT2D eigenvalue weighted by Gasteiger charge is 2.35. The van der Waals surface area contributed by atoms with Crippen LogP contribution in [-0.2, 0) is 14.2 Å². The zero-order chi connectivity index (χ0) is 34.2. The molecule has 1 atom stereocenters. The quantitative estimate of drug-likeness (QED) is 0.116. The first-order chi connectivity index (χ1) is 23.0. The van der Waals surface area contributed by atoms with Crippen LogP contribution in [0.4, 0.5) is 4.79 Å². The van der Waals surface area contributed by atoms with Crippen LogP contribution in [0.2, 0.25) is 0 Å². The molecule has 0 aromatic carbocycles. The minimum absolute atomic E-state index is 0.0582. The Labute approximate surface area is 288 Å². The fourth-order valence-corrected chi connectivity index (χ4v) is 7.58. The van der Waals surface area contributed by atoms with Gasteiger partial charge in [-0.25, -0.2) is 39.3 Å². The predicted molar refractivity (Wildman–Crippen MR) is 180 cm³/mol. The zero-order valence-corrected chi connectivity index (χ0v) is 29.5. The number of oxazole rings is 1. The van der Waals surface area contributed by atoms with E-state index in [-0.39, 0.29) is 36.0 Å². The topological polar surface area (TPSA) is 160 Å². The molecule has 1 aliphatic heterocycles. The monoisotopic (exact) mass is 708 g/mol. The molecule has 0 saturated carbocycles. The van der Waals surface area contributed by atoms with Crippen molar-refractivity contribution in [2.24, 2.45) is 0 Å². The number of aryl methyl sites for hydroxylation is 1. The lowest BCUT2D eigenvalue weighted by Crippen LogP contribution is -2.36. The van der Waals surface area contributed by atoms with Crippen molar-refractivity contribution in [2.75, 3.05) is 20.3 Å². The number of aromatic nitrogens is 5. The number of esters is 2. The average Bonchev–Trinajstić information content (AvgIpc) is 3.88. The molecule has 5 aromatic heterocycles. The van der Waals surface area contributed by atoms with Crippen LogP contribution in [0.15, 0.2) is 32.7 Å². The molecule has 1 amide bonds. The summed E-state index contributed by atoms with van der Waals surface area (Å²) in [5.74, 6) is -0.666. The molecule has 250 valence electrons. The Morgan fingerprint density at radius 2 is 1.69 bits per heavy atom. The molecule has 0 unspecified atom stereocenters. The van der Waals surface area contributed by atoms with Crippen LogP contribution >= 0.6 is 34.0 Å². The molecule has 0 radical (unpaired) electrons. The molecule has 1 fully saturated rings. The highest BCUT2D eigenvalue weighted by Crippen LogP contribution is 2.39. The normalized spacial score (nSPS) is 14.7. The summed E-state index contributed by atoms with van der Waals surface area (Å²) in [5.41, 5.74) is 2.29. The summed E-state index contributed by atoms with van der Waals surface area (Å²) in [6.07, 6.45) is 1.32. The number of amides is 1. The van der Waals surface area contributed by atoms with E-state index < -0.39 is 17.5 Å². The molecule has 5 aromatic rings. The lowest BCUT2D eigenvalue weighted by Gasteiger charge is -2.27. The predicted octanol–water partition coefficient (Wildman–Crippen LogP) is 7.45. The van der Waals surface area contributed by atoms with Gasteiger partial charge < -0.3 is 18.6 Å². The van der Waals surface area contributed by atoms with Crippen LogP contribution in [0.1, 0.15) is 78.3 Å². The number of rotatable bonds is 8. The second kappa shape index (κ2) is 13.5. The van der Waals surface area contributed by atoms with Gasteiger partial charge in [0.25, 0.3) is 0 Å². The van der Waals surface area contributed by atoms with E-state index in [2.05, 4.69) is 9.97 Å². The minimum atomic E-state index is -0.620. The van der Waals surface area contributed by atoms with Gasteiger partial charge in [0.1, 0.15) is 43.5 Å². The van der Waals surface area contributed by atoms with E-state index in [9.17, 15) is 14.4 Å². The van der Waals surface area contributed by atoms with Crippen LogP contribution in [0.3, 0.4) is 0 Å². The molecule has 0 bridgehead atoms. The first-order valence-corrected chi connectivity index (χ1v) is 17.7. The van der Waals surface area contributed by atoms with Crippen molar-refractivity contribution in [3.05, 3.63) is 50.4 Å². The average molecular weight is 709 g/mol. The van der Waals surface area contributed by atoms with Gasteiger partial charge in [0.2, 0.25) is 5.89 Å². The highest BCUT2D eigenvalue weighted by atomic mass is 32.1. The van der Waals surface area contributed by atoms with E-state index in [4.69, 9.17) is 33.6 Å². The third-order valence-corrected chi connectivity index (χ3v) is 9.84. The van der Waals surface area contributed by atoms with E-state index in [1.807, 2.05) is 31.5 Å². The first kappa shape index (κ1) is 33.4. The molecule has 6 rings (SSSR count). The van der Waals surface area contributed by atoms with Crippen LogP contribution in [0, 0.1) is 6.92 Å². The Hall–Kier alpha value is -4.54. The van der Waals surface area contributed by atoms with Crippen LogP contribution in [-0.4, -0.2) is 73.7 Å². The summed E-state index contributed by atoms with van der Waals surface area (Å²) in [7, 11) is 1.28. The first-order valence-electron chi connectivity index (χ1n) is 15.1. The van der Waals surface area contributed by atoms with Gasteiger partial charge in [-0.2, -0.15) is 0 Å². The largest absolute Gasteiger partial charge is 0.464 e. The minimum Gasteiger partial charge on any atom is -0.464 e. The van der Waals surface area contributed by atoms with Gasteiger partial charge >= 0.3 is 18.0 Å². The molecule has 1 aliphatic rings. The summed E-state index contributed by atoms with van der Waals surface area (Å²) in [6.45, 7) is 9.77. The molecule has 0 spiro atoms. The molecule has 16 heteroatoms. The van der Waals surface area contributed by atoms with Crippen molar-refractivity contribution in [1.82, 2.24) is 29.8 Å². The second-order valence-electron chi connectivity index (χ2n) is 11.7. The van der Waals surface area contributed by atoms with E-state index in [0.717, 1.165) is 17.8 Å². The third-order valence-electron chi connectivity index (χ3n) is 7.16. The maximum Gasteiger partial charge on any atom is 0.410 e. The smallest absolute Gasteiger partial charge is 0.410 e. The van der Waals surface area contributed by atoms with Crippen LogP contribution in [0.25, 0.3) is 44.2 Å². The number of likely N-dealkylation sites (tertiary alicyclic amines) is 1. The standard InChI is InChI=1S/C32H32N6O7S3/c1-7-43-29(39)21-15-47-26(36-21)18-11-10-17(25-37-23(16(2)44-25)30(40)42-6)24(33-18)19-13-46-27(34-19)20-14-48-28(35-20)22-9-8-12-38(22)31(41)45-32(3,4)5/h10-11,13-15,22H,7-9,12H2,1-6H3/t22-/m0/s1. The number of carbonyl (C=O) groups excluding carboxylic acids is 3. The van der Waals surface area contributed by atoms with Crippen molar-refractivity contribution >= 4 is 52.0 Å². The van der Waals surface area contributed by atoms with Gasteiger partial charge in [-0.15, -0.1) is 34.0 Å². The van der Waals surface area contributed by atoms with E-state index in [1.165, 1.54) is 41.1 Å². The number of ether oxygens (including phenoxy) is 3. The Balaban J connectivity index is 1.35. The molecule has 48 heavy (non-hydrogen) atoms. The number of hydrogen-bond donors (Lipinski definition) is 0. The fraction of sp³-hybridized carbons (Fsp3) is 0.375. The summed E-state index contributed by atoms with van der Waals surface area (Å²) in [5, 5.41) is 7.40. The van der Waals surface area contributed by atoms with Crippen molar-refractivity contribution in [1.29, 1.82) is 0 Å². The Morgan fingerprint density at radius 1 is 0.938 bits per heavy atom. The van der Waals surface area contributed by atoms with Crippen LogP contribution in [0.5, 0.6) is 0 Å². The van der Waals surface area contributed by atoms with Crippen molar-refractivity contribution < 1.29 is 33.0 Å². The van der Waals surface area contributed by atoms with Gasteiger partial charge in [-0.3, -0.25) is 4.90 Å². The van der Waals surface area contributed by atoms with Gasteiger partial charge in [-0.1, -0.05) is 0 Å². The number of thiazole rings is 3. The summed E-state index contributed by atoms with van der Waals surface area (Å²) >= 11 is 4.13. The van der Waals surface area contributed by atoms with Gasteiger partial charge in [0, 0.05) is 22.7 Å². The lowest BCUT2D eigenvalue weighted by molar-refractivity contribution is 0.0223. The van der Waals surface area contributed by atoms with E-state index in [0.29, 0.717) is 50.7 Å². The van der Waals surface area contributed by atoms with Crippen molar-refractivity contribution in [3.8, 4) is 44.2 Å². The van der Waals surface area contributed by atoms with Gasteiger partial charge in [-0.05, 0) is 59.6 Å². The van der Waals surface area contributed by atoms with Gasteiger partial charge in [0.05, 0.1) is 31.0 Å². The van der Waals surface area contributed by atoms with E-state index >= 15 is 0 Å². The Morgan fingerprint density at radius 3 is 2.44 bits per heavy atom. The molecule has 0 aliphatic carbocycles. The summed E-state index contributed by atoms with van der Waals surface area (Å²) in [6, 6.07) is 3.33. The SMILES string of the molecule is CCOC(=O)c1csc(-c2ccc(-c3nc(C(=O)OC)c(C)o3)c(-c3csc(-c4csc([C@@H]5CCCN5C(=O)OC(C)(C)C)n4)n3)n2)n1. The summed E-state index contributed by atoms with van der Waals surface area (Å²) in [4.78, 5) is 62.7. The third kappa shape index (κ3) is 6.86. The van der Waals surface area contributed by atoms with Crippen molar-refractivity contribution in [2.45, 2.75) is 59.1 Å².